The number of ether oxygens (including phenoxy) is 1. The summed E-state index contributed by atoms with van der Waals surface area (Å²) in [4.78, 5) is 12.1. The Kier molecular flexibility index (Phi) is 4.34. The molecular formula is C19H14F3N5O. The van der Waals surface area contributed by atoms with E-state index >= 15 is 0 Å². The number of methoxy groups -OCH3 is 1. The molecule has 142 valence electrons. The second-order valence-corrected chi connectivity index (χ2v) is 5.87. The van der Waals surface area contributed by atoms with Gasteiger partial charge in [0.2, 0.25) is 5.82 Å². The summed E-state index contributed by atoms with van der Waals surface area (Å²) in [6.07, 6.45) is -1.94. The zero-order chi connectivity index (χ0) is 19.7. The van der Waals surface area contributed by atoms with Crippen molar-refractivity contribution in [1.82, 2.24) is 19.5 Å². The maximum absolute atomic E-state index is 13.5. The lowest BCUT2D eigenvalue weighted by molar-refractivity contribution is -0.145. The molecule has 0 saturated heterocycles. The number of rotatable bonds is 4. The van der Waals surface area contributed by atoms with Crippen molar-refractivity contribution >= 4 is 22.5 Å². The smallest absolute Gasteiger partial charge is 0.450 e. The van der Waals surface area contributed by atoms with Crippen LogP contribution in [0.15, 0.2) is 60.9 Å². The molecular weight excluding hydrogens is 371 g/mol. The number of alkyl halides is 3. The quantitative estimate of drug-likeness (QED) is 0.557. The summed E-state index contributed by atoms with van der Waals surface area (Å²) >= 11 is 0. The van der Waals surface area contributed by atoms with Crippen LogP contribution in [0.5, 0.6) is 5.75 Å². The summed E-state index contributed by atoms with van der Waals surface area (Å²) in [5.41, 5.74) is 1.22. The van der Waals surface area contributed by atoms with Crippen molar-refractivity contribution in [3.8, 4) is 11.6 Å². The molecule has 28 heavy (non-hydrogen) atoms. The van der Waals surface area contributed by atoms with Crippen molar-refractivity contribution in [1.29, 1.82) is 0 Å². The Balaban J connectivity index is 1.77. The van der Waals surface area contributed by atoms with Crippen LogP contribution in [0.4, 0.5) is 24.7 Å². The Hall–Kier alpha value is -3.62. The maximum Gasteiger partial charge on any atom is 0.450 e. The standard InChI is InChI=1S/C19H14F3N5O/c1-28-13-8-6-12(7-9-13)24-16-10-23-11-17(26-16)27-15-5-3-2-4-14(15)25-18(27)19(20,21)22/h2-11H,1H3,(H,24,26). The van der Waals surface area contributed by atoms with E-state index in [1.54, 1.807) is 49.6 Å². The van der Waals surface area contributed by atoms with Crippen molar-refractivity contribution in [2.75, 3.05) is 12.4 Å². The summed E-state index contributed by atoms with van der Waals surface area (Å²) in [6.45, 7) is 0. The first-order valence-electron chi connectivity index (χ1n) is 8.24. The van der Waals surface area contributed by atoms with Gasteiger partial charge in [-0.25, -0.2) is 9.97 Å². The summed E-state index contributed by atoms with van der Waals surface area (Å²) in [7, 11) is 1.56. The highest BCUT2D eigenvalue weighted by molar-refractivity contribution is 5.78. The number of anilines is 2. The molecule has 0 bridgehead atoms. The largest absolute Gasteiger partial charge is 0.497 e. The number of hydrogen-bond acceptors (Lipinski definition) is 5. The van der Waals surface area contributed by atoms with Crippen LogP contribution in [-0.2, 0) is 6.18 Å². The van der Waals surface area contributed by atoms with Gasteiger partial charge in [0.15, 0.2) is 11.6 Å². The maximum atomic E-state index is 13.5. The summed E-state index contributed by atoms with van der Waals surface area (Å²) in [5.74, 6) is -0.0530. The average Bonchev–Trinajstić information content (AvgIpc) is 3.09. The fourth-order valence-electron chi connectivity index (χ4n) is 2.79. The van der Waals surface area contributed by atoms with Crippen molar-refractivity contribution in [3.05, 3.63) is 66.7 Å². The first-order chi connectivity index (χ1) is 13.5. The van der Waals surface area contributed by atoms with E-state index in [1.807, 2.05) is 0 Å². The highest BCUT2D eigenvalue weighted by Gasteiger charge is 2.38. The molecule has 2 heterocycles. The first-order valence-corrected chi connectivity index (χ1v) is 8.24. The van der Waals surface area contributed by atoms with E-state index in [4.69, 9.17) is 4.74 Å². The van der Waals surface area contributed by atoms with Gasteiger partial charge in [-0.2, -0.15) is 13.2 Å². The van der Waals surface area contributed by atoms with Gasteiger partial charge in [-0.1, -0.05) is 12.1 Å². The minimum atomic E-state index is -4.64. The van der Waals surface area contributed by atoms with Gasteiger partial charge in [-0.15, -0.1) is 0 Å². The molecule has 0 spiro atoms. The Bertz CT molecular complexity index is 1120. The molecule has 0 saturated carbocycles. The third-order valence-corrected chi connectivity index (χ3v) is 4.03. The third-order valence-electron chi connectivity index (χ3n) is 4.03. The van der Waals surface area contributed by atoms with Crippen LogP contribution in [0.25, 0.3) is 16.9 Å². The minimum absolute atomic E-state index is 0.0135. The van der Waals surface area contributed by atoms with Crippen LogP contribution in [0.2, 0.25) is 0 Å². The number of para-hydroxylation sites is 2. The van der Waals surface area contributed by atoms with E-state index in [9.17, 15) is 13.2 Å². The highest BCUT2D eigenvalue weighted by atomic mass is 19.4. The molecule has 0 atom stereocenters. The molecule has 6 nitrogen and oxygen atoms in total. The predicted molar refractivity (Wildman–Crippen MR) is 97.9 cm³/mol. The normalized spacial score (nSPS) is 11.6. The molecule has 0 amide bonds. The van der Waals surface area contributed by atoms with Gasteiger partial charge in [0, 0.05) is 5.69 Å². The third kappa shape index (κ3) is 3.34. The van der Waals surface area contributed by atoms with Gasteiger partial charge < -0.3 is 10.1 Å². The van der Waals surface area contributed by atoms with Crippen molar-refractivity contribution in [2.45, 2.75) is 6.18 Å². The van der Waals surface area contributed by atoms with E-state index in [0.29, 0.717) is 22.8 Å². The lowest BCUT2D eigenvalue weighted by Gasteiger charge is -2.12. The van der Waals surface area contributed by atoms with Crippen molar-refractivity contribution < 1.29 is 17.9 Å². The van der Waals surface area contributed by atoms with Crippen LogP contribution < -0.4 is 10.1 Å². The van der Waals surface area contributed by atoms with E-state index in [2.05, 4.69) is 20.3 Å². The zero-order valence-corrected chi connectivity index (χ0v) is 14.6. The number of aromatic nitrogens is 4. The lowest BCUT2D eigenvalue weighted by Crippen LogP contribution is -2.15. The van der Waals surface area contributed by atoms with Crippen molar-refractivity contribution in [3.63, 3.8) is 0 Å². The van der Waals surface area contributed by atoms with Gasteiger partial charge in [-0.05, 0) is 36.4 Å². The van der Waals surface area contributed by atoms with Gasteiger partial charge in [0.25, 0.3) is 0 Å². The highest BCUT2D eigenvalue weighted by Crippen LogP contribution is 2.33. The Morgan fingerprint density at radius 3 is 2.43 bits per heavy atom. The fraction of sp³-hybridized carbons (Fsp3) is 0.105. The van der Waals surface area contributed by atoms with E-state index in [-0.39, 0.29) is 11.3 Å². The number of imidazole rings is 1. The zero-order valence-electron chi connectivity index (χ0n) is 14.6. The van der Waals surface area contributed by atoms with Crippen LogP contribution >= 0.6 is 0 Å². The molecule has 0 aliphatic rings. The fourth-order valence-corrected chi connectivity index (χ4v) is 2.79. The number of halogens is 3. The van der Waals surface area contributed by atoms with E-state index in [0.717, 1.165) is 4.57 Å². The average molecular weight is 385 g/mol. The molecule has 0 fully saturated rings. The molecule has 0 aliphatic carbocycles. The van der Waals surface area contributed by atoms with E-state index in [1.165, 1.54) is 18.5 Å². The van der Waals surface area contributed by atoms with Crippen LogP contribution in [0.1, 0.15) is 5.82 Å². The Morgan fingerprint density at radius 1 is 0.964 bits per heavy atom. The first kappa shape index (κ1) is 17.8. The van der Waals surface area contributed by atoms with Crippen LogP contribution in [-0.4, -0.2) is 26.6 Å². The molecule has 4 aromatic rings. The number of fused-ring (bicyclic) bond motifs is 1. The van der Waals surface area contributed by atoms with Gasteiger partial charge in [-0.3, -0.25) is 9.55 Å². The van der Waals surface area contributed by atoms with E-state index < -0.39 is 12.0 Å². The molecule has 1 N–H and O–H groups in total. The summed E-state index contributed by atoms with van der Waals surface area (Å²) < 4.78 is 46.7. The Labute approximate surface area is 157 Å². The topological polar surface area (TPSA) is 64.9 Å². The van der Waals surface area contributed by atoms with Crippen molar-refractivity contribution in [2.24, 2.45) is 0 Å². The molecule has 0 aliphatic heterocycles. The monoisotopic (exact) mass is 385 g/mol. The summed E-state index contributed by atoms with van der Waals surface area (Å²) in [5, 5.41) is 3.02. The Morgan fingerprint density at radius 2 is 1.71 bits per heavy atom. The van der Waals surface area contributed by atoms with Crippen LogP contribution in [0.3, 0.4) is 0 Å². The van der Waals surface area contributed by atoms with Gasteiger partial charge in [0.1, 0.15) is 5.75 Å². The van der Waals surface area contributed by atoms with Gasteiger partial charge >= 0.3 is 6.18 Å². The minimum Gasteiger partial charge on any atom is -0.497 e. The summed E-state index contributed by atoms with van der Waals surface area (Å²) in [6, 6.07) is 13.4. The molecule has 0 radical (unpaired) electrons. The number of nitrogens with one attached hydrogen (secondary N) is 1. The number of hydrogen-bond donors (Lipinski definition) is 1. The lowest BCUT2D eigenvalue weighted by atomic mass is 10.3. The molecule has 9 heteroatoms. The molecule has 4 rings (SSSR count). The second kappa shape index (κ2) is 6.84. The molecule has 2 aromatic heterocycles. The van der Waals surface area contributed by atoms with Crippen LogP contribution in [0, 0.1) is 0 Å². The SMILES string of the molecule is COc1ccc(Nc2cncc(-n3c(C(F)(F)F)nc4ccccc43)n2)cc1. The number of nitrogens with zero attached hydrogens (tertiary/aromatic N) is 4. The molecule has 0 unspecified atom stereocenters. The van der Waals surface area contributed by atoms with Gasteiger partial charge in [0.05, 0.1) is 30.5 Å². The second-order valence-electron chi connectivity index (χ2n) is 5.87. The predicted octanol–water partition coefficient (Wildman–Crippen LogP) is 4.59. The molecule has 2 aromatic carbocycles. The number of benzene rings is 2.